The molecule has 0 spiro atoms. The molecule has 0 amide bonds. The van der Waals surface area contributed by atoms with Crippen LogP contribution in [0.5, 0.6) is 0 Å². The molecule has 0 aliphatic rings. The van der Waals surface area contributed by atoms with Gasteiger partial charge in [0.05, 0.1) is 0 Å². The maximum atomic E-state index is 2.30. The maximum absolute atomic E-state index is 2.30. The summed E-state index contributed by atoms with van der Waals surface area (Å²) < 4.78 is 0. The second-order valence-electron chi connectivity index (χ2n) is 6.64. The van der Waals surface area contributed by atoms with Gasteiger partial charge >= 0.3 is 0 Å². The van der Waals surface area contributed by atoms with Crippen molar-refractivity contribution >= 4 is 10.8 Å². The van der Waals surface area contributed by atoms with Gasteiger partial charge in [-0.2, -0.15) is 6.07 Å². The maximum Gasteiger partial charge on any atom is 0 e. The molecule has 0 aliphatic carbocycles. The van der Waals surface area contributed by atoms with Crippen molar-refractivity contribution in [3.05, 3.63) is 65.7 Å². The summed E-state index contributed by atoms with van der Waals surface area (Å²) in [5.74, 6) is 0. The van der Waals surface area contributed by atoms with E-state index in [1.807, 2.05) is 0 Å². The van der Waals surface area contributed by atoms with Crippen molar-refractivity contribution in [1.82, 2.24) is 0 Å². The van der Waals surface area contributed by atoms with Gasteiger partial charge in [0.1, 0.15) is 0 Å². The van der Waals surface area contributed by atoms with Gasteiger partial charge in [-0.15, -0.1) is 34.5 Å². The van der Waals surface area contributed by atoms with E-state index in [1.54, 1.807) is 0 Å². The zero-order chi connectivity index (χ0) is 14.3. The molecule has 0 saturated heterocycles. The van der Waals surface area contributed by atoms with E-state index in [9.17, 15) is 0 Å². The van der Waals surface area contributed by atoms with Crippen LogP contribution in [0.4, 0.5) is 0 Å². The largest absolute Gasteiger partial charge is 0.165 e. The van der Waals surface area contributed by atoms with Crippen LogP contribution < -0.4 is 0 Å². The normalized spacial score (nSPS) is 11.4. The van der Waals surface area contributed by atoms with Gasteiger partial charge in [0.2, 0.25) is 0 Å². The molecule has 0 aromatic heterocycles. The van der Waals surface area contributed by atoms with Crippen molar-refractivity contribution in [1.29, 1.82) is 0 Å². The van der Waals surface area contributed by atoms with Gasteiger partial charge in [-0.25, -0.2) is 0 Å². The summed E-state index contributed by atoms with van der Waals surface area (Å²) >= 11 is 0. The zero-order valence-corrected chi connectivity index (χ0v) is 15.7. The fourth-order valence-corrected chi connectivity index (χ4v) is 2.99. The van der Waals surface area contributed by atoms with Crippen molar-refractivity contribution in [2.75, 3.05) is 0 Å². The molecule has 21 heavy (non-hydrogen) atoms. The van der Waals surface area contributed by atoms with Crippen LogP contribution >= 0.6 is 0 Å². The quantitative estimate of drug-likeness (QED) is 0.483. The Morgan fingerprint density at radius 2 is 1.52 bits per heavy atom. The second-order valence-corrected chi connectivity index (χ2v) is 6.64. The standard InChI is InChI=1S/C20H21.Zr/c1-14-12-15-8-7-10-16(18(15)13-14)17-9-5-6-11-19(17)20(2,3)4;/h5-13H,1-4H3;/q-1;. The molecule has 3 aromatic rings. The third-order valence-electron chi connectivity index (χ3n) is 3.92. The first-order chi connectivity index (χ1) is 9.47. The number of rotatable bonds is 1. The monoisotopic (exact) mass is 351 g/mol. The molecular formula is C20H21Zr-. The third kappa shape index (κ3) is 3.09. The number of hydrogen-bond acceptors (Lipinski definition) is 0. The predicted molar refractivity (Wildman–Crippen MR) is 88.4 cm³/mol. The molecule has 0 unspecified atom stereocenters. The van der Waals surface area contributed by atoms with Gasteiger partial charge < -0.3 is 0 Å². The first-order valence-electron chi connectivity index (χ1n) is 7.23. The first kappa shape index (κ1) is 16.3. The summed E-state index contributed by atoms with van der Waals surface area (Å²) in [6.07, 6.45) is 0. The molecule has 0 saturated carbocycles. The minimum absolute atomic E-state index is 0. The van der Waals surface area contributed by atoms with E-state index in [0.29, 0.717) is 0 Å². The minimum atomic E-state index is 0. The molecule has 0 fully saturated rings. The average Bonchev–Trinajstić information content (AvgIpc) is 2.77. The Morgan fingerprint density at radius 1 is 0.857 bits per heavy atom. The van der Waals surface area contributed by atoms with Crippen molar-refractivity contribution in [3.63, 3.8) is 0 Å². The minimum Gasteiger partial charge on any atom is -0.165 e. The molecule has 106 valence electrons. The zero-order valence-electron chi connectivity index (χ0n) is 13.2. The smallest absolute Gasteiger partial charge is 0 e. The van der Waals surface area contributed by atoms with Crippen LogP contribution in [0.15, 0.2) is 54.6 Å². The van der Waals surface area contributed by atoms with E-state index in [2.05, 4.69) is 82.3 Å². The summed E-state index contributed by atoms with van der Waals surface area (Å²) in [6.45, 7) is 9.01. The number of aryl methyl sites for hydroxylation is 1. The van der Waals surface area contributed by atoms with Crippen LogP contribution in [0, 0.1) is 6.92 Å². The molecule has 0 aliphatic heterocycles. The fourth-order valence-electron chi connectivity index (χ4n) is 2.99. The van der Waals surface area contributed by atoms with Crippen LogP contribution in [0.2, 0.25) is 0 Å². The Balaban J connectivity index is 0.00000161. The molecule has 3 rings (SSSR count). The average molecular weight is 353 g/mol. The summed E-state index contributed by atoms with van der Waals surface area (Å²) in [5.41, 5.74) is 5.60. The second kappa shape index (κ2) is 5.97. The van der Waals surface area contributed by atoms with Crippen molar-refractivity contribution < 1.29 is 26.2 Å². The molecule has 0 heterocycles. The molecule has 0 bridgehead atoms. The molecule has 0 radical (unpaired) electrons. The van der Waals surface area contributed by atoms with E-state index >= 15 is 0 Å². The SMILES string of the molecule is Cc1cc2c(-c3ccccc3C(C)(C)C)cccc2[cH-]1.[Zr]. The van der Waals surface area contributed by atoms with Crippen LogP contribution in [0.3, 0.4) is 0 Å². The summed E-state index contributed by atoms with van der Waals surface area (Å²) in [4.78, 5) is 0. The molecule has 0 N–H and O–H groups in total. The first-order valence-corrected chi connectivity index (χ1v) is 7.23. The number of benzene rings is 2. The van der Waals surface area contributed by atoms with Gasteiger partial charge in [-0.05, 0) is 16.5 Å². The van der Waals surface area contributed by atoms with Crippen molar-refractivity contribution in [2.45, 2.75) is 33.1 Å². The van der Waals surface area contributed by atoms with E-state index < -0.39 is 0 Å². The van der Waals surface area contributed by atoms with E-state index in [4.69, 9.17) is 0 Å². The van der Waals surface area contributed by atoms with Crippen LogP contribution in [-0.4, -0.2) is 0 Å². The Hall–Kier alpha value is -1.07. The van der Waals surface area contributed by atoms with E-state index in [0.717, 1.165) is 0 Å². The van der Waals surface area contributed by atoms with Gasteiger partial charge in [0.15, 0.2) is 0 Å². The van der Waals surface area contributed by atoms with Gasteiger partial charge in [-0.1, -0.05) is 63.6 Å². The molecule has 0 atom stereocenters. The summed E-state index contributed by atoms with van der Waals surface area (Å²) in [5, 5.41) is 2.70. The fraction of sp³-hybridized carbons (Fsp3) is 0.250. The van der Waals surface area contributed by atoms with Crippen molar-refractivity contribution in [3.8, 4) is 11.1 Å². The van der Waals surface area contributed by atoms with Gasteiger partial charge in [0, 0.05) is 26.2 Å². The van der Waals surface area contributed by atoms with E-state index in [1.165, 1.54) is 33.0 Å². The Labute approximate surface area is 146 Å². The number of hydrogen-bond donors (Lipinski definition) is 0. The Morgan fingerprint density at radius 3 is 2.24 bits per heavy atom. The van der Waals surface area contributed by atoms with E-state index in [-0.39, 0.29) is 31.6 Å². The van der Waals surface area contributed by atoms with Crippen molar-refractivity contribution in [2.24, 2.45) is 0 Å². The molecule has 0 nitrogen and oxygen atoms in total. The molecular weight excluding hydrogens is 331 g/mol. The van der Waals surface area contributed by atoms with Gasteiger partial charge in [-0.3, -0.25) is 0 Å². The Kier molecular flexibility index (Phi) is 4.64. The van der Waals surface area contributed by atoms with Crippen LogP contribution in [-0.2, 0) is 31.6 Å². The summed E-state index contributed by atoms with van der Waals surface area (Å²) in [6, 6.07) is 19.9. The van der Waals surface area contributed by atoms with Gasteiger partial charge in [0.25, 0.3) is 0 Å². The summed E-state index contributed by atoms with van der Waals surface area (Å²) in [7, 11) is 0. The van der Waals surface area contributed by atoms with Crippen LogP contribution in [0.25, 0.3) is 21.9 Å². The third-order valence-corrected chi connectivity index (χ3v) is 3.92. The number of fused-ring (bicyclic) bond motifs is 1. The Bertz CT molecular complexity index is 757. The molecule has 3 aromatic carbocycles. The van der Waals surface area contributed by atoms with Crippen LogP contribution in [0.1, 0.15) is 31.9 Å². The predicted octanol–water partition coefficient (Wildman–Crippen LogP) is 5.83. The molecule has 1 heteroatoms. The topological polar surface area (TPSA) is 0 Å².